The fourth-order valence-corrected chi connectivity index (χ4v) is 4.22. The Balaban J connectivity index is 1.56. The minimum Gasteiger partial charge on any atom is -0.383 e. The van der Waals surface area contributed by atoms with E-state index in [4.69, 9.17) is 11.5 Å². The van der Waals surface area contributed by atoms with Gasteiger partial charge in [0.05, 0.1) is 17.2 Å². The van der Waals surface area contributed by atoms with E-state index in [1.807, 2.05) is 9.80 Å². The summed E-state index contributed by atoms with van der Waals surface area (Å²) in [6.45, 7) is 1.66. The van der Waals surface area contributed by atoms with Gasteiger partial charge in [0.1, 0.15) is 29.6 Å². The molecule has 1 aliphatic rings. The van der Waals surface area contributed by atoms with Crippen molar-refractivity contribution in [2.24, 2.45) is 5.73 Å². The number of nitrogens with two attached hydrogens (primary N) is 2. The minimum atomic E-state index is -4.58. The van der Waals surface area contributed by atoms with Crippen LogP contribution >= 0.6 is 0 Å². The third kappa shape index (κ3) is 4.80. The molecule has 1 unspecified atom stereocenters. The van der Waals surface area contributed by atoms with Gasteiger partial charge in [-0.2, -0.15) is 13.2 Å². The van der Waals surface area contributed by atoms with Gasteiger partial charge in [-0.25, -0.2) is 18.7 Å². The van der Waals surface area contributed by atoms with Crippen molar-refractivity contribution in [1.82, 2.24) is 14.9 Å². The molecule has 1 aromatic heterocycles. The van der Waals surface area contributed by atoms with Gasteiger partial charge in [-0.3, -0.25) is 4.90 Å². The van der Waals surface area contributed by atoms with Gasteiger partial charge in [-0.1, -0.05) is 12.1 Å². The van der Waals surface area contributed by atoms with Crippen LogP contribution < -0.4 is 16.4 Å². The van der Waals surface area contributed by atoms with E-state index in [1.165, 1.54) is 18.5 Å². The summed E-state index contributed by atoms with van der Waals surface area (Å²) in [6, 6.07) is 7.48. The van der Waals surface area contributed by atoms with Crippen molar-refractivity contribution >= 4 is 11.6 Å². The molecule has 0 spiro atoms. The maximum absolute atomic E-state index is 14.5. The van der Waals surface area contributed by atoms with E-state index in [1.54, 1.807) is 12.1 Å². The van der Waals surface area contributed by atoms with Crippen molar-refractivity contribution < 1.29 is 22.0 Å². The van der Waals surface area contributed by atoms with Crippen LogP contribution in [0.2, 0.25) is 0 Å². The normalized spacial score (nSPS) is 16.0. The Labute approximate surface area is 193 Å². The maximum atomic E-state index is 14.5. The van der Waals surface area contributed by atoms with E-state index in [9.17, 15) is 22.0 Å². The smallest absolute Gasteiger partial charge is 0.383 e. The lowest BCUT2D eigenvalue weighted by Gasteiger charge is -2.40. The number of aromatic nitrogens is 2. The largest absolute Gasteiger partial charge is 0.416 e. The van der Waals surface area contributed by atoms with Gasteiger partial charge in [0.15, 0.2) is 0 Å². The Hall–Kier alpha value is -3.31. The number of anilines is 2. The van der Waals surface area contributed by atoms with Crippen molar-refractivity contribution in [3.8, 4) is 11.1 Å². The van der Waals surface area contributed by atoms with Gasteiger partial charge in [-0.05, 0) is 35.9 Å². The first kappa shape index (κ1) is 23.8. The number of piperazine rings is 1. The van der Waals surface area contributed by atoms with Crippen molar-refractivity contribution in [3.05, 3.63) is 71.6 Å². The van der Waals surface area contributed by atoms with Gasteiger partial charge < -0.3 is 16.4 Å². The molecule has 1 atom stereocenters. The molecule has 0 saturated carbocycles. The van der Waals surface area contributed by atoms with Crippen molar-refractivity contribution in [2.75, 3.05) is 43.4 Å². The van der Waals surface area contributed by atoms with Crippen LogP contribution in [0.3, 0.4) is 0 Å². The molecule has 4 rings (SSSR count). The monoisotopic (exact) mass is 478 g/mol. The first-order valence-electron chi connectivity index (χ1n) is 10.6. The number of alkyl halides is 3. The summed E-state index contributed by atoms with van der Waals surface area (Å²) < 4.78 is 67.4. The molecule has 0 bridgehead atoms. The number of hydrogen-bond acceptors (Lipinski definition) is 6. The molecule has 34 heavy (non-hydrogen) atoms. The molecule has 180 valence electrons. The summed E-state index contributed by atoms with van der Waals surface area (Å²) in [5, 5.41) is 0. The van der Waals surface area contributed by atoms with Crippen molar-refractivity contribution in [1.29, 1.82) is 0 Å². The molecule has 2 heterocycles. The highest BCUT2D eigenvalue weighted by Gasteiger charge is 2.34. The minimum absolute atomic E-state index is 0.0421. The van der Waals surface area contributed by atoms with Crippen LogP contribution in [-0.2, 0) is 6.18 Å². The summed E-state index contributed by atoms with van der Waals surface area (Å²) in [6.07, 6.45) is -3.24. The van der Waals surface area contributed by atoms with E-state index in [2.05, 4.69) is 9.97 Å². The summed E-state index contributed by atoms with van der Waals surface area (Å²) in [4.78, 5) is 12.2. The van der Waals surface area contributed by atoms with Crippen molar-refractivity contribution in [2.45, 2.75) is 12.2 Å². The molecule has 2 aromatic carbocycles. The quantitative estimate of drug-likeness (QED) is 0.542. The summed E-state index contributed by atoms with van der Waals surface area (Å²) in [7, 11) is 0. The Morgan fingerprint density at radius 3 is 2.24 bits per heavy atom. The number of rotatable bonds is 5. The second-order valence-corrected chi connectivity index (χ2v) is 7.97. The lowest BCUT2D eigenvalue weighted by Crippen LogP contribution is -2.49. The standard InChI is InChI=1S/C23H23F5N6/c24-16-4-1-14(2-5-16)20-21(30)31-13-32-22(20)34-9-7-33(8-10-34)19(12-29)17-11-15(23(26,27)28)3-6-18(17)25/h1-6,11,13,19H,7-10,12,29H2,(H2,30,31,32). The zero-order valence-electron chi connectivity index (χ0n) is 18.1. The zero-order chi connectivity index (χ0) is 24.5. The second kappa shape index (κ2) is 9.51. The van der Waals surface area contributed by atoms with E-state index in [-0.39, 0.29) is 23.7 Å². The van der Waals surface area contributed by atoms with Crippen LogP contribution in [-0.4, -0.2) is 47.6 Å². The lowest BCUT2D eigenvalue weighted by atomic mass is 10.0. The van der Waals surface area contributed by atoms with E-state index in [0.717, 1.165) is 18.2 Å². The zero-order valence-corrected chi connectivity index (χ0v) is 18.1. The topological polar surface area (TPSA) is 84.3 Å². The van der Waals surface area contributed by atoms with Gasteiger partial charge in [0.2, 0.25) is 0 Å². The fourth-order valence-electron chi connectivity index (χ4n) is 4.22. The molecule has 4 N–H and O–H groups in total. The Morgan fingerprint density at radius 1 is 0.941 bits per heavy atom. The van der Waals surface area contributed by atoms with Crippen LogP contribution in [0.25, 0.3) is 11.1 Å². The maximum Gasteiger partial charge on any atom is 0.416 e. The molecule has 6 nitrogen and oxygen atoms in total. The van der Waals surface area contributed by atoms with Crippen LogP contribution in [0.15, 0.2) is 48.8 Å². The average molecular weight is 478 g/mol. The lowest BCUT2D eigenvalue weighted by molar-refractivity contribution is -0.137. The summed E-state index contributed by atoms with van der Waals surface area (Å²) in [5.74, 6) is -0.310. The highest BCUT2D eigenvalue weighted by atomic mass is 19.4. The third-order valence-electron chi connectivity index (χ3n) is 5.95. The Kier molecular flexibility index (Phi) is 6.67. The van der Waals surface area contributed by atoms with Crippen LogP contribution in [0.4, 0.5) is 33.6 Å². The molecule has 0 amide bonds. The molecular formula is C23H23F5N6. The van der Waals surface area contributed by atoms with Gasteiger partial charge in [0.25, 0.3) is 0 Å². The number of nitrogens with zero attached hydrogens (tertiary/aromatic N) is 4. The Bertz CT molecular complexity index is 1140. The van der Waals surface area contributed by atoms with E-state index >= 15 is 0 Å². The molecule has 1 aliphatic heterocycles. The average Bonchev–Trinajstić information content (AvgIpc) is 2.81. The number of benzene rings is 2. The molecule has 1 fully saturated rings. The molecular weight excluding hydrogens is 455 g/mol. The van der Waals surface area contributed by atoms with Gasteiger partial charge in [0, 0.05) is 38.3 Å². The second-order valence-electron chi connectivity index (χ2n) is 7.97. The summed E-state index contributed by atoms with van der Waals surface area (Å²) >= 11 is 0. The number of hydrogen-bond donors (Lipinski definition) is 2. The third-order valence-corrected chi connectivity index (χ3v) is 5.95. The van der Waals surface area contributed by atoms with Crippen LogP contribution in [0, 0.1) is 11.6 Å². The van der Waals surface area contributed by atoms with E-state index < -0.39 is 23.6 Å². The Morgan fingerprint density at radius 2 is 1.62 bits per heavy atom. The number of halogens is 5. The highest BCUT2D eigenvalue weighted by molar-refractivity contribution is 5.84. The highest BCUT2D eigenvalue weighted by Crippen LogP contribution is 2.36. The molecule has 0 aliphatic carbocycles. The van der Waals surface area contributed by atoms with Crippen LogP contribution in [0.5, 0.6) is 0 Å². The fraction of sp³-hybridized carbons (Fsp3) is 0.304. The predicted octanol–water partition coefficient (Wildman–Crippen LogP) is 3.84. The molecule has 1 saturated heterocycles. The first-order valence-corrected chi connectivity index (χ1v) is 10.6. The van der Waals surface area contributed by atoms with E-state index in [0.29, 0.717) is 43.1 Å². The first-order chi connectivity index (χ1) is 16.2. The molecule has 11 heteroatoms. The predicted molar refractivity (Wildman–Crippen MR) is 119 cm³/mol. The number of nitrogen functional groups attached to an aromatic ring is 1. The van der Waals surface area contributed by atoms with Crippen LogP contribution in [0.1, 0.15) is 17.2 Å². The van der Waals surface area contributed by atoms with Gasteiger partial charge in [-0.15, -0.1) is 0 Å². The van der Waals surface area contributed by atoms with Crippen molar-refractivity contribution in [3.63, 3.8) is 0 Å². The van der Waals surface area contributed by atoms with Gasteiger partial charge >= 0.3 is 6.18 Å². The SMILES string of the molecule is NCC(c1cc(C(F)(F)F)ccc1F)N1CCN(c2ncnc(N)c2-c2ccc(F)cc2)CC1. The summed E-state index contributed by atoms with van der Waals surface area (Å²) in [5.41, 5.74) is 12.2. The molecule has 0 radical (unpaired) electrons. The molecule has 3 aromatic rings.